The molecule has 0 N–H and O–H groups in total. The number of aromatic nitrogens is 2. The fourth-order valence-corrected chi connectivity index (χ4v) is 3.40. The summed E-state index contributed by atoms with van der Waals surface area (Å²) in [5.74, 6) is 0.545. The predicted molar refractivity (Wildman–Crippen MR) is 117 cm³/mol. The summed E-state index contributed by atoms with van der Waals surface area (Å²) in [6.45, 7) is 1.98. The molecule has 0 unspecified atom stereocenters. The van der Waals surface area contributed by atoms with Gasteiger partial charge in [-0.25, -0.2) is 4.98 Å². The van der Waals surface area contributed by atoms with Crippen LogP contribution in [0.15, 0.2) is 71.5 Å². The van der Waals surface area contributed by atoms with Gasteiger partial charge in [-0.1, -0.05) is 65.7 Å². The molecule has 4 rings (SSSR count). The van der Waals surface area contributed by atoms with Crippen LogP contribution >= 0.6 is 23.2 Å². The lowest BCUT2D eigenvalue weighted by molar-refractivity contribution is 0.934. The molecule has 0 aliphatic carbocycles. The van der Waals surface area contributed by atoms with E-state index in [1.807, 2.05) is 67.6 Å². The summed E-state index contributed by atoms with van der Waals surface area (Å²) in [7, 11) is 0. The largest absolute Gasteiger partial charge is 0.268 e. The first-order valence-corrected chi connectivity index (χ1v) is 9.51. The molecule has 0 aliphatic rings. The Hall–Kier alpha value is -2.88. The van der Waals surface area contributed by atoms with Crippen LogP contribution < -0.4 is 5.56 Å². The van der Waals surface area contributed by atoms with Gasteiger partial charge in [-0.3, -0.25) is 9.36 Å². The van der Waals surface area contributed by atoms with Crippen LogP contribution in [0.1, 0.15) is 17.0 Å². The van der Waals surface area contributed by atoms with Gasteiger partial charge in [0.1, 0.15) is 5.82 Å². The van der Waals surface area contributed by atoms with Gasteiger partial charge in [0.05, 0.1) is 26.6 Å². The molecule has 1 heterocycles. The van der Waals surface area contributed by atoms with Gasteiger partial charge in [0.15, 0.2) is 0 Å². The third kappa shape index (κ3) is 3.47. The molecule has 0 radical (unpaired) electrons. The lowest BCUT2D eigenvalue weighted by atomic mass is 10.1. The molecule has 28 heavy (non-hydrogen) atoms. The van der Waals surface area contributed by atoms with Crippen LogP contribution in [-0.2, 0) is 0 Å². The van der Waals surface area contributed by atoms with Crippen molar-refractivity contribution < 1.29 is 0 Å². The summed E-state index contributed by atoms with van der Waals surface area (Å²) < 4.78 is 1.64. The molecular weight excluding hydrogens is 391 g/mol. The number of hydrogen-bond acceptors (Lipinski definition) is 2. The van der Waals surface area contributed by atoms with Gasteiger partial charge >= 0.3 is 0 Å². The molecule has 3 aromatic carbocycles. The Kier molecular flexibility index (Phi) is 5.03. The monoisotopic (exact) mass is 406 g/mol. The van der Waals surface area contributed by atoms with E-state index in [1.54, 1.807) is 22.8 Å². The number of para-hydroxylation sites is 2. The highest BCUT2D eigenvalue weighted by Gasteiger charge is 2.12. The molecule has 138 valence electrons. The molecule has 0 fully saturated rings. The van der Waals surface area contributed by atoms with Gasteiger partial charge in [0.25, 0.3) is 5.56 Å². The lowest BCUT2D eigenvalue weighted by Gasteiger charge is -2.13. The molecule has 1 aromatic heterocycles. The van der Waals surface area contributed by atoms with Crippen LogP contribution in [0.25, 0.3) is 28.7 Å². The van der Waals surface area contributed by atoms with E-state index in [4.69, 9.17) is 28.2 Å². The van der Waals surface area contributed by atoms with E-state index >= 15 is 0 Å². The number of fused-ring (bicyclic) bond motifs is 1. The highest BCUT2D eigenvalue weighted by molar-refractivity contribution is 6.42. The van der Waals surface area contributed by atoms with Crippen LogP contribution in [0.5, 0.6) is 0 Å². The highest BCUT2D eigenvalue weighted by atomic mass is 35.5. The molecule has 5 heteroatoms. The van der Waals surface area contributed by atoms with Crippen LogP contribution in [0, 0.1) is 6.92 Å². The topological polar surface area (TPSA) is 34.9 Å². The Bertz CT molecular complexity index is 1280. The van der Waals surface area contributed by atoms with Crippen LogP contribution in [-0.4, -0.2) is 9.55 Å². The van der Waals surface area contributed by atoms with Gasteiger partial charge in [0.2, 0.25) is 0 Å². The van der Waals surface area contributed by atoms with Crippen molar-refractivity contribution in [2.75, 3.05) is 0 Å². The summed E-state index contributed by atoms with van der Waals surface area (Å²) in [5.41, 5.74) is 3.22. The average molecular weight is 407 g/mol. The first-order valence-electron chi connectivity index (χ1n) is 8.75. The second kappa shape index (κ2) is 7.63. The van der Waals surface area contributed by atoms with Crippen LogP contribution in [0.3, 0.4) is 0 Å². The fraction of sp³-hybridized carbons (Fsp3) is 0.0435. The SMILES string of the molecule is Cc1ccccc1-n1c(/C=C/c2ccc(Cl)c(Cl)c2)nc2ccccc2c1=O. The van der Waals surface area contributed by atoms with Crippen molar-refractivity contribution in [2.24, 2.45) is 0 Å². The average Bonchev–Trinajstić information content (AvgIpc) is 2.70. The van der Waals surface area contributed by atoms with E-state index in [2.05, 4.69) is 0 Å². The summed E-state index contributed by atoms with van der Waals surface area (Å²) in [4.78, 5) is 18.0. The van der Waals surface area contributed by atoms with Crippen LogP contribution in [0.2, 0.25) is 10.0 Å². The molecule has 0 bridgehead atoms. The molecule has 0 atom stereocenters. The van der Waals surface area contributed by atoms with Crippen molar-refractivity contribution in [3.63, 3.8) is 0 Å². The number of rotatable bonds is 3. The number of benzene rings is 3. The quantitative estimate of drug-likeness (QED) is 0.407. The molecule has 0 saturated heterocycles. The molecule has 0 spiro atoms. The third-order valence-corrected chi connectivity index (χ3v) is 5.27. The number of hydrogen-bond donors (Lipinski definition) is 0. The molecule has 0 aliphatic heterocycles. The molecule has 0 saturated carbocycles. The second-order valence-electron chi connectivity index (χ2n) is 6.42. The van der Waals surface area contributed by atoms with Gasteiger partial charge in [-0.2, -0.15) is 0 Å². The normalized spacial score (nSPS) is 11.4. The zero-order chi connectivity index (χ0) is 19.7. The zero-order valence-electron chi connectivity index (χ0n) is 15.1. The van der Waals surface area contributed by atoms with Gasteiger partial charge in [-0.15, -0.1) is 0 Å². The van der Waals surface area contributed by atoms with Crippen molar-refractivity contribution in [1.82, 2.24) is 9.55 Å². The van der Waals surface area contributed by atoms with E-state index < -0.39 is 0 Å². The summed E-state index contributed by atoms with van der Waals surface area (Å²) in [5, 5.41) is 1.56. The van der Waals surface area contributed by atoms with E-state index in [9.17, 15) is 4.79 Å². The van der Waals surface area contributed by atoms with Gasteiger partial charge in [0, 0.05) is 0 Å². The Balaban J connectivity index is 1.95. The Morgan fingerprint density at radius 3 is 2.43 bits per heavy atom. The number of aryl methyl sites for hydroxylation is 1. The molecular formula is C23H16Cl2N2O. The summed E-state index contributed by atoms with van der Waals surface area (Å²) >= 11 is 12.1. The molecule has 0 amide bonds. The highest BCUT2D eigenvalue weighted by Crippen LogP contribution is 2.24. The van der Waals surface area contributed by atoms with Crippen molar-refractivity contribution in [2.45, 2.75) is 6.92 Å². The smallest absolute Gasteiger partial charge is 0.266 e. The lowest BCUT2D eigenvalue weighted by Crippen LogP contribution is -2.23. The number of halogens is 2. The Morgan fingerprint density at radius 2 is 1.64 bits per heavy atom. The first kappa shape index (κ1) is 18.5. The van der Waals surface area contributed by atoms with Gasteiger partial charge in [-0.05, 0) is 54.5 Å². The first-order chi connectivity index (χ1) is 13.5. The van der Waals surface area contributed by atoms with Gasteiger partial charge < -0.3 is 0 Å². The number of nitrogens with zero attached hydrogens (tertiary/aromatic N) is 2. The van der Waals surface area contributed by atoms with E-state index in [-0.39, 0.29) is 5.56 Å². The standard InChI is InChI=1S/C23H16Cl2N2O/c1-15-6-2-5-9-21(15)27-22(13-11-16-10-12-18(24)19(25)14-16)26-20-8-4-3-7-17(20)23(27)28/h2-14H,1H3/b13-11+. The second-order valence-corrected chi connectivity index (χ2v) is 7.24. The third-order valence-electron chi connectivity index (χ3n) is 4.53. The minimum absolute atomic E-state index is 0.103. The molecule has 4 aromatic rings. The maximum atomic E-state index is 13.3. The Morgan fingerprint density at radius 1 is 0.893 bits per heavy atom. The minimum atomic E-state index is -0.103. The zero-order valence-corrected chi connectivity index (χ0v) is 16.6. The van der Waals surface area contributed by atoms with Crippen molar-refractivity contribution in [3.8, 4) is 5.69 Å². The van der Waals surface area contributed by atoms with Crippen LogP contribution in [0.4, 0.5) is 0 Å². The Labute approximate surface area is 172 Å². The van der Waals surface area contributed by atoms with E-state index in [0.29, 0.717) is 26.8 Å². The van der Waals surface area contributed by atoms with E-state index in [1.165, 1.54) is 0 Å². The predicted octanol–water partition coefficient (Wildman–Crippen LogP) is 6.17. The van der Waals surface area contributed by atoms with Crippen molar-refractivity contribution in [1.29, 1.82) is 0 Å². The van der Waals surface area contributed by atoms with Crippen molar-refractivity contribution in [3.05, 3.63) is 104 Å². The van der Waals surface area contributed by atoms with E-state index in [0.717, 1.165) is 16.8 Å². The summed E-state index contributed by atoms with van der Waals surface area (Å²) in [6.07, 6.45) is 3.69. The minimum Gasteiger partial charge on any atom is -0.268 e. The summed E-state index contributed by atoms with van der Waals surface area (Å²) in [6, 6.07) is 20.5. The van der Waals surface area contributed by atoms with Crippen molar-refractivity contribution >= 4 is 46.3 Å². The maximum Gasteiger partial charge on any atom is 0.266 e. The molecule has 3 nitrogen and oxygen atoms in total. The maximum absolute atomic E-state index is 13.3. The fourth-order valence-electron chi connectivity index (χ4n) is 3.10.